The van der Waals surface area contributed by atoms with Crippen LogP contribution in [-0.2, 0) is 9.59 Å². The highest BCUT2D eigenvalue weighted by Gasteiger charge is 2.46. The van der Waals surface area contributed by atoms with Crippen molar-refractivity contribution >= 4 is 30.3 Å². The number of rotatable bonds is 6. The van der Waals surface area contributed by atoms with E-state index in [2.05, 4.69) is 16.0 Å². The molecule has 3 N–H and O–H groups in total. The average Bonchev–Trinajstić information content (AvgIpc) is 2.50. The van der Waals surface area contributed by atoms with E-state index in [4.69, 9.17) is 0 Å². The number of carbonyl (C=O) groups excluding carboxylic acids is 3. The third-order valence-electron chi connectivity index (χ3n) is 3.16. The maximum Gasteiger partial charge on any atom is 0.325 e. The highest BCUT2D eigenvalue weighted by molar-refractivity contribution is 6.07. The summed E-state index contributed by atoms with van der Waals surface area (Å²) in [4.78, 5) is 36.1. The molecular weight excluding hydrogens is 284 g/mol. The van der Waals surface area contributed by atoms with E-state index in [1.165, 1.54) is 4.90 Å². The van der Waals surface area contributed by atoms with Crippen LogP contribution in [0.3, 0.4) is 0 Å². The van der Waals surface area contributed by atoms with E-state index >= 15 is 0 Å². The Labute approximate surface area is 125 Å². The highest BCUT2D eigenvalue weighted by atomic mass is 35.5. The minimum absolute atomic E-state index is 0. The fourth-order valence-electron chi connectivity index (χ4n) is 1.85. The SMILES string of the molecule is CCN[C@H](C)CNC(=O)CN1C(=O)NC(=O)C1(C)C.Cl. The first kappa shape index (κ1) is 18.7. The van der Waals surface area contributed by atoms with Gasteiger partial charge < -0.3 is 15.5 Å². The van der Waals surface area contributed by atoms with Crippen molar-refractivity contribution in [3.05, 3.63) is 0 Å². The number of imide groups is 1. The summed E-state index contributed by atoms with van der Waals surface area (Å²) in [5, 5.41) is 8.10. The van der Waals surface area contributed by atoms with Crippen LogP contribution >= 0.6 is 12.4 Å². The van der Waals surface area contributed by atoms with Gasteiger partial charge in [-0.1, -0.05) is 6.92 Å². The van der Waals surface area contributed by atoms with E-state index in [0.717, 1.165) is 6.54 Å². The van der Waals surface area contributed by atoms with Gasteiger partial charge in [-0.25, -0.2) is 4.79 Å². The van der Waals surface area contributed by atoms with Gasteiger partial charge >= 0.3 is 6.03 Å². The molecule has 0 unspecified atom stereocenters. The van der Waals surface area contributed by atoms with Gasteiger partial charge in [0.05, 0.1) is 0 Å². The van der Waals surface area contributed by atoms with Gasteiger partial charge in [-0.3, -0.25) is 14.9 Å². The van der Waals surface area contributed by atoms with Crippen molar-refractivity contribution in [2.75, 3.05) is 19.6 Å². The number of halogens is 1. The van der Waals surface area contributed by atoms with Gasteiger partial charge in [0.15, 0.2) is 0 Å². The lowest BCUT2D eigenvalue weighted by Gasteiger charge is -2.27. The third-order valence-corrected chi connectivity index (χ3v) is 3.16. The molecule has 1 atom stereocenters. The van der Waals surface area contributed by atoms with Crippen molar-refractivity contribution in [3.8, 4) is 0 Å². The topological polar surface area (TPSA) is 90.5 Å². The molecule has 7 nitrogen and oxygen atoms in total. The molecule has 1 heterocycles. The number of urea groups is 1. The van der Waals surface area contributed by atoms with E-state index in [-0.39, 0.29) is 36.8 Å². The molecule has 1 aliphatic rings. The summed E-state index contributed by atoms with van der Waals surface area (Å²) in [7, 11) is 0. The monoisotopic (exact) mass is 306 g/mol. The maximum atomic E-state index is 11.8. The first-order valence-electron chi connectivity index (χ1n) is 6.42. The number of likely N-dealkylation sites (N-methyl/N-ethyl adjacent to an activating group) is 1. The van der Waals surface area contributed by atoms with Gasteiger partial charge in [-0.2, -0.15) is 0 Å². The van der Waals surface area contributed by atoms with Gasteiger partial charge in [0.2, 0.25) is 5.91 Å². The van der Waals surface area contributed by atoms with Crippen LogP contribution in [0.5, 0.6) is 0 Å². The molecule has 0 saturated carbocycles. The zero-order chi connectivity index (χ0) is 14.6. The van der Waals surface area contributed by atoms with Gasteiger partial charge in [0.1, 0.15) is 12.1 Å². The molecule has 1 fully saturated rings. The summed E-state index contributed by atoms with van der Waals surface area (Å²) in [6, 6.07) is -0.360. The number of nitrogens with one attached hydrogen (secondary N) is 3. The molecule has 0 aliphatic carbocycles. The Morgan fingerprint density at radius 1 is 1.40 bits per heavy atom. The summed E-state index contributed by atoms with van der Waals surface area (Å²) in [6.45, 7) is 8.36. The van der Waals surface area contributed by atoms with Crippen molar-refractivity contribution in [2.24, 2.45) is 0 Å². The van der Waals surface area contributed by atoms with Crippen molar-refractivity contribution < 1.29 is 14.4 Å². The molecule has 0 bridgehead atoms. The molecule has 116 valence electrons. The minimum atomic E-state index is -0.984. The Bertz CT molecular complexity index is 387. The first-order chi connectivity index (χ1) is 8.78. The Morgan fingerprint density at radius 3 is 2.45 bits per heavy atom. The summed E-state index contributed by atoms with van der Waals surface area (Å²) < 4.78 is 0. The van der Waals surface area contributed by atoms with Crippen molar-refractivity contribution in [1.82, 2.24) is 20.9 Å². The minimum Gasteiger partial charge on any atom is -0.353 e. The zero-order valence-electron chi connectivity index (χ0n) is 12.3. The number of carbonyl (C=O) groups is 3. The molecular formula is C12H23ClN4O3. The molecule has 20 heavy (non-hydrogen) atoms. The van der Waals surface area contributed by atoms with Gasteiger partial charge in [-0.15, -0.1) is 12.4 Å². The van der Waals surface area contributed by atoms with Crippen LogP contribution in [0.1, 0.15) is 27.7 Å². The Hall–Kier alpha value is -1.34. The van der Waals surface area contributed by atoms with Crippen molar-refractivity contribution in [2.45, 2.75) is 39.3 Å². The van der Waals surface area contributed by atoms with Crippen LogP contribution in [0.15, 0.2) is 0 Å². The summed E-state index contributed by atoms with van der Waals surface area (Å²) in [5.74, 6) is -0.658. The summed E-state index contributed by atoms with van der Waals surface area (Å²) in [5.41, 5.74) is -0.984. The Kier molecular flexibility index (Phi) is 6.95. The Balaban J connectivity index is 0.00000361. The van der Waals surface area contributed by atoms with Gasteiger partial charge in [0, 0.05) is 12.6 Å². The van der Waals surface area contributed by atoms with Crippen LogP contribution in [0, 0.1) is 0 Å². The maximum absolute atomic E-state index is 11.8. The molecule has 1 aliphatic heterocycles. The lowest BCUT2D eigenvalue weighted by Crippen LogP contribution is -2.50. The van der Waals surface area contributed by atoms with Crippen molar-refractivity contribution in [1.29, 1.82) is 0 Å². The number of nitrogens with zero attached hydrogens (tertiary/aromatic N) is 1. The molecule has 8 heteroatoms. The predicted octanol–water partition coefficient (Wildman–Crippen LogP) is -0.147. The van der Waals surface area contributed by atoms with E-state index in [1.54, 1.807) is 13.8 Å². The van der Waals surface area contributed by atoms with Gasteiger partial charge in [-0.05, 0) is 27.3 Å². The molecule has 0 aromatic carbocycles. The molecule has 4 amide bonds. The lowest BCUT2D eigenvalue weighted by atomic mass is 10.0. The predicted molar refractivity (Wildman–Crippen MR) is 77.7 cm³/mol. The van der Waals surface area contributed by atoms with E-state index in [9.17, 15) is 14.4 Å². The molecule has 1 rings (SSSR count). The van der Waals surface area contributed by atoms with Crippen LogP contribution in [0.2, 0.25) is 0 Å². The largest absolute Gasteiger partial charge is 0.353 e. The fourth-order valence-corrected chi connectivity index (χ4v) is 1.85. The van der Waals surface area contributed by atoms with E-state index < -0.39 is 11.6 Å². The molecule has 1 saturated heterocycles. The van der Waals surface area contributed by atoms with Crippen LogP contribution < -0.4 is 16.0 Å². The molecule has 0 radical (unpaired) electrons. The molecule has 0 aromatic heterocycles. The number of hydrogen-bond donors (Lipinski definition) is 3. The average molecular weight is 307 g/mol. The smallest absolute Gasteiger partial charge is 0.325 e. The van der Waals surface area contributed by atoms with Crippen molar-refractivity contribution in [3.63, 3.8) is 0 Å². The fraction of sp³-hybridized carbons (Fsp3) is 0.750. The third kappa shape index (κ3) is 4.35. The number of amides is 4. The highest BCUT2D eigenvalue weighted by Crippen LogP contribution is 2.19. The van der Waals surface area contributed by atoms with E-state index in [1.807, 2.05) is 13.8 Å². The lowest BCUT2D eigenvalue weighted by molar-refractivity contribution is -0.127. The second-order valence-corrected chi connectivity index (χ2v) is 5.17. The molecule has 0 spiro atoms. The van der Waals surface area contributed by atoms with Crippen LogP contribution in [0.4, 0.5) is 4.79 Å². The van der Waals surface area contributed by atoms with Gasteiger partial charge in [0.25, 0.3) is 5.91 Å². The van der Waals surface area contributed by atoms with E-state index in [0.29, 0.717) is 6.54 Å². The normalized spacial score (nSPS) is 18.3. The summed E-state index contributed by atoms with van der Waals surface area (Å²) >= 11 is 0. The molecule has 0 aromatic rings. The number of hydrogen-bond acceptors (Lipinski definition) is 4. The second-order valence-electron chi connectivity index (χ2n) is 5.17. The standard InChI is InChI=1S/C12H22N4O3.ClH/c1-5-13-8(2)6-14-9(17)7-16-11(19)15-10(18)12(16,3)4;/h8,13H,5-7H2,1-4H3,(H,14,17)(H,15,18,19);1H/t8-;/m1./s1. The first-order valence-corrected chi connectivity index (χ1v) is 6.42. The van der Waals surface area contributed by atoms with Crippen LogP contribution in [-0.4, -0.2) is 54.0 Å². The summed E-state index contributed by atoms with van der Waals surface area (Å²) in [6.07, 6.45) is 0. The van der Waals surface area contributed by atoms with Crippen LogP contribution in [0.25, 0.3) is 0 Å². The quantitative estimate of drug-likeness (QED) is 0.595. The zero-order valence-corrected chi connectivity index (χ0v) is 13.1. The second kappa shape index (κ2) is 7.44. The Morgan fingerprint density at radius 2 is 2.00 bits per heavy atom.